The molecule has 0 spiro atoms. The highest BCUT2D eigenvalue weighted by Gasteiger charge is 2.19. The van der Waals surface area contributed by atoms with E-state index >= 15 is 0 Å². The average molecular weight is 316 g/mol. The Balaban J connectivity index is 2.54. The molecule has 0 unspecified atom stereocenters. The number of ketones is 1. The van der Waals surface area contributed by atoms with Gasteiger partial charge in [0.05, 0.1) is 17.5 Å². The number of aryl methyl sites for hydroxylation is 1. The second-order valence-corrected chi connectivity index (χ2v) is 5.76. The van der Waals surface area contributed by atoms with Gasteiger partial charge >= 0.3 is 5.97 Å². The molecule has 1 N–H and O–H groups in total. The number of benzene rings is 1. The highest BCUT2D eigenvalue weighted by Crippen LogP contribution is 2.28. The number of aromatic nitrogens is 2. The van der Waals surface area contributed by atoms with Crippen molar-refractivity contribution in [3.63, 3.8) is 0 Å². The third-order valence-corrected chi connectivity index (χ3v) is 4.32. The van der Waals surface area contributed by atoms with Crippen LogP contribution in [0.5, 0.6) is 0 Å². The van der Waals surface area contributed by atoms with Crippen molar-refractivity contribution in [2.75, 3.05) is 0 Å². The van der Waals surface area contributed by atoms with Crippen molar-refractivity contribution in [1.29, 1.82) is 0 Å². The maximum atomic E-state index is 11.9. The van der Waals surface area contributed by atoms with Crippen LogP contribution in [0.4, 0.5) is 0 Å². The monoisotopic (exact) mass is 316 g/mol. The number of rotatable bonds is 8. The van der Waals surface area contributed by atoms with Gasteiger partial charge in [0, 0.05) is 24.4 Å². The summed E-state index contributed by atoms with van der Waals surface area (Å²) in [4.78, 5) is 27.6. The molecule has 23 heavy (non-hydrogen) atoms. The van der Waals surface area contributed by atoms with Crippen LogP contribution in [0.2, 0.25) is 0 Å². The molecule has 5 nitrogen and oxygen atoms in total. The number of nitrogens with zero attached hydrogens (tertiary/aromatic N) is 2. The molecule has 0 saturated heterocycles. The molecule has 5 heteroatoms. The Morgan fingerprint density at radius 3 is 2.48 bits per heavy atom. The lowest BCUT2D eigenvalue weighted by Crippen LogP contribution is -2.11. The van der Waals surface area contributed by atoms with E-state index < -0.39 is 5.97 Å². The molecular formula is C18H24N2O3. The Morgan fingerprint density at radius 2 is 1.91 bits per heavy atom. The number of fused-ring (bicyclic) bond motifs is 1. The van der Waals surface area contributed by atoms with Crippen LogP contribution in [0.3, 0.4) is 0 Å². The first kappa shape index (κ1) is 17.2. The molecule has 0 saturated carbocycles. The van der Waals surface area contributed by atoms with Gasteiger partial charge in [0.15, 0.2) is 5.78 Å². The minimum absolute atomic E-state index is 0.0637. The van der Waals surface area contributed by atoms with Crippen LogP contribution in [0.25, 0.3) is 11.0 Å². The quantitative estimate of drug-likeness (QED) is 0.747. The van der Waals surface area contributed by atoms with Crippen LogP contribution in [-0.4, -0.2) is 26.4 Å². The maximum Gasteiger partial charge on any atom is 0.305 e. The summed E-state index contributed by atoms with van der Waals surface area (Å²) in [5, 5.41) is 9.00. The number of hydrogen-bond acceptors (Lipinski definition) is 3. The minimum atomic E-state index is -0.819. The van der Waals surface area contributed by atoms with Gasteiger partial charge in [0.25, 0.3) is 0 Å². The molecule has 0 fully saturated rings. The molecule has 0 amide bonds. The Labute approximate surface area is 136 Å². The normalized spacial score (nSPS) is 11.3. The summed E-state index contributed by atoms with van der Waals surface area (Å²) in [6, 6.07) is 5.52. The predicted octanol–water partition coefficient (Wildman–Crippen LogP) is 4.01. The molecule has 2 aromatic rings. The van der Waals surface area contributed by atoms with Crippen molar-refractivity contribution in [1.82, 2.24) is 9.55 Å². The van der Waals surface area contributed by atoms with Gasteiger partial charge in [0.1, 0.15) is 5.82 Å². The van der Waals surface area contributed by atoms with E-state index in [0.29, 0.717) is 24.4 Å². The van der Waals surface area contributed by atoms with E-state index in [2.05, 4.69) is 13.8 Å². The average Bonchev–Trinajstić information content (AvgIpc) is 2.90. The van der Waals surface area contributed by atoms with Gasteiger partial charge in [-0.1, -0.05) is 20.8 Å². The lowest BCUT2D eigenvalue weighted by molar-refractivity contribution is -0.137. The number of hydrogen-bond donors (Lipinski definition) is 1. The highest BCUT2D eigenvalue weighted by atomic mass is 16.4. The number of aliphatic carboxylic acids is 1. The molecule has 0 aliphatic heterocycles. The van der Waals surface area contributed by atoms with Gasteiger partial charge in [-0.15, -0.1) is 0 Å². The summed E-state index contributed by atoms with van der Waals surface area (Å²) in [5.74, 6) is 0.491. The number of carboxylic acids is 1. The van der Waals surface area contributed by atoms with Crippen LogP contribution in [0, 0.1) is 0 Å². The van der Waals surface area contributed by atoms with Gasteiger partial charge in [-0.2, -0.15) is 0 Å². The summed E-state index contributed by atoms with van der Waals surface area (Å²) in [6.45, 7) is 6.47. The Kier molecular flexibility index (Phi) is 5.53. The number of carbonyl (C=O) groups excluding carboxylic acids is 1. The summed E-state index contributed by atoms with van der Waals surface area (Å²) < 4.78 is 2.00. The van der Waals surface area contributed by atoms with Gasteiger partial charge in [-0.25, -0.2) is 4.98 Å². The minimum Gasteiger partial charge on any atom is -0.481 e. The third kappa shape index (κ3) is 3.60. The first-order valence-electron chi connectivity index (χ1n) is 8.26. The van der Waals surface area contributed by atoms with E-state index in [4.69, 9.17) is 10.1 Å². The molecule has 2 rings (SSSR count). The first-order chi connectivity index (χ1) is 11.0. The van der Waals surface area contributed by atoms with Gasteiger partial charge in [-0.05, 0) is 31.0 Å². The largest absolute Gasteiger partial charge is 0.481 e. The van der Waals surface area contributed by atoms with E-state index in [1.807, 2.05) is 29.7 Å². The third-order valence-electron chi connectivity index (χ3n) is 4.32. The van der Waals surface area contributed by atoms with Crippen LogP contribution < -0.4 is 0 Å². The fourth-order valence-electron chi connectivity index (χ4n) is 2.93. The molecule has 0 radical (unpaired) electrons. The van der Waals surface area contributed by atoms with Gasteiger partial charge in [-0.3, -0.25) is 9.59 Å². The van der Waals surface area contributed by atoms with Crippen molar-refractivity contribution in [2.45, 2.75) is 58.9 Å². The van der Waals surface area contributed by atoms with Crippen LogP contribution >= 0.6 is 0 Å². The highest BCUT2D eigenvalue weighted by molar-refractivity contribution is 5.98. The zero-order chi connectivity index (χ0) is 17.0. The van der Waals surface area contributed by atoms with Gasteiger partial charge < -0.3 is 9.67 Å². The van der Waals surface area contributed by atoms with Crippen LogP contribution in [-0.2, 0) is 11.3 Å². The molecule has 1 aromatic heterocycles. The van der Waals surface area contributed by atoms with Crippen LogP contribution in [0.15, 0.2) is 18.2 Å². The zero-order valence-corrected chi connectivity index (χ0v) is 14.0. The molecule has 0 atom stereocenters. The fraction of sp³-hybridized carbons (Fsp3) is 0.500. The molecule has 0 aliphatic rings. The molecule has 0 aliphatic carbocycles. The Bertz CT molecular complexity index is 714. The molecule has 1 aromatic carbocycles. The maximum absolute atomic E-state index is 11.9. The molecular weight excluding hydrogens is 292 g/mol. The summed E-state index contributed by atoms with van der Waals surface area (Å²) >= 11 is 0. The van der Waals surface area contributed by atoms with E-state index in [1.54, 1.807) is 0 Å². The Hall–Kier alpha value is -2.17. The van der Waals surface area contributed by atoms with Crippen molar-refractivity contribution in [3.05, 3.63) is 29.6 Å². The number of imidazole rings is 1. The van der Waals surface area contributed by atoms with Gasteiger partial charge in [0.2, 0.25) is 0 Å². The second kappa shape index (κ2) is 7.40. The predicted molar refractivity (Wildman–Crippen MR) is 89.9 cm³/mol. The van der Waals surface area contributed by atoms with Crippen molar-refractivity contribution in [2.24, 2.45) is 0 Å². The topological polar surface area (TPSA) is 72.2 Å². The standard InChI is InChI=1S/C18H24N2O3/c1-4-12(5-2)18-19-14-11-13(16(21)6-3)7-8-15(14)20(18)10-9-17(22)23/h7-8,11-12H,4-6,9-10H2,1-3H3,(H,22,23). The molecule has 0 bridgehead atoms. The molecule has 124 valence electrons. The lowest BCUT2D eigenvalue weighted by atomic mass is 10.0. The smallest absolute Gasteiger partial charge is 0.305 e. The van der Waals surface area contributed by atoms with Crippen molar-refractivity contribution < 1.29 is 14.7 Å². The first-order valence-corrected chi connectivity index (χ1v) is 8.26. The van der Waals surface area contributed by atoms with Crippen molar-refractivity contribution in [3.8, 4) is 0 Å². The van der Waals surface area contributed by atoms with E-state index in [1.165, 1.54) is 0 Å². The lowest BCUT2D eigenvalue weighted by Gasteiger charge is -2.14. The summed E-state index contributed by atoms with van der Waals surface area (Å²) in [5.41, 5.74) is 2.34. The zero-order valence-electron chi connectivity index (χ0n) is 14.0. The van der Waals surface area contributed by atoms with E-state index in [-0.39, 0.29) is 12.2 Å². The number of carbonyl (C=O) groups is 2. The fourth-order valence-corrected chi connectivity index (χ4v) is 2.93. The summed E-state index contributed by atoms with van der Waals surface area (Å²) in [6.07, 6.45) is 2.43. The Morgan fingerprint density at radius 1 is 1.22 bits per heavy atom. The van der Waals surface area contributed by atoms with E-state index in [9.17, 15) is 9.59 Å². The molecule has 1 heterocycles. The summed E-state index contributed by atoms with van der Waals surface area (Å²) in [7, 11) is 0. The second-order valence-electron chi connectivity index (χ2n) is 5.76. The van der Waals surface area contributed by atoms with Crippen molar-refractivity contribution >= 4 is 22.8 Å². The SMILES string of the molecule is CCC(=O)c1ccc2c(c1)nc(C(CC)CC)n2CCC(=O)O. The number of Topliss-reactive ketones (excluding diaryl/α,β-unsaturated/α-hetero) is 1. The van der Waals surface area contributed by atoms with E-state index in [0.717, 1.165) is 29.7 Å². The van der Waals surface area contributed by atoms with Crippen LogP contribution in [0.1, 0.15) is 68.6 Å². The number of carboxylic acid groups (broad SMARTS) is 1.